The lowest BCUT2D eigenvalue weighted by molar-refractivity contribution is -0.115. The highest BCUT2D eigenvalue weighted by molar-refractivity contribution is 9.10. The molecule has 6 heteroatoms. The number of anilines is 1. The summed E-state index contributed by atoms with van der Waals surface area (Å²) >= 11 is 5.00. The smallest absolute Gasteiger partial charge is 0.230 e. The topological polar surface area (TPSA) is 46.9 Å². The number of nitrogens with zero attached hydrogens (tertiary/aromatic N) is 2. The van der Waals surface area contributed by atoms with Gasteiger partial charge >= 0.3 is 0 Å². The van der Waals surface area contributed by atoms with Crippen molar-refractivity contribution in [3.63, 3.8) is 0 Å². The van der Waals surface area contributed by atoms with Gasteiger partial charge in [-0.1, -0.05) is 34.1 Å². The highest BCUT2D eigenvalue weighted by atomic mass is 79.9. The summed E-state index contributed by atoms with van der Waals surface area (Å²) in [7, 11) is 0. The molecule has 1 aromatic carbocycles. The molecule has 0 fully saturated rings. The number of aromatic nitrogens is 2. The largest absolute Gasteiger partial charge is 0.311 e. The van der Waals surface area contributed by atoms with E-state index < -0.39 is 0 Å². The Balaban J connectivity index is 1.66. The van der Waals surface area contributed by atoms with Crippen LogP contribution in [0.3, 0.4) is 0 Å². The van der Waals surface area contributed by atoms with Gasteiger partial charge in [0, 0.05) is 15.4 Å². The van der Waals surface area contributed by atoms with E-state index in [4.69, 9.17) is 0 Å². The van der Waals surface area contributed by atoms with E-state index in [1.54, 1.807) is 22.2 Å². The van der Waals surface area contributed by atoms with E-state index in [1.165, 1.54) is 0 Å². The van der Waals surface area contributed by atoms with Crippen molar-refractivity contribution in [3.8, 4) is 0 Å². The molecular weight excluding hydrogens is 362 g/mol. The number of hydrogen-bond acceptors (Lipinski definition) is 3. The van der Waals surface area contributed by atoms with Gasteiger partial charge in [0.2, 0.25) is 5.91 Å². The third-order valence-corrected chi connectivity index (χ3v) is 4.55. The van der Waals surface area contributed by atoms with E-state index in [-0.39, 0.29) is 5.91 Å². The predicted molar refractivity (Wildman–Crippen MR) is 92.1 cm³/mol. The Morgan fingerprint density at radius 3 is 2.77 bits per heavy atom. The summed E-state index contributed by atoms with van der Waals surface area (Å²) in [4.78, 5) is 13.1. The number of nitrogens with one attached hydrogen (secondary N) is 1. The maximum absolute atomic E-state index is 12.1. The summed E-state index contributed by atoms with van der Waals surface area (Å²) in [5.41, 5.74) is 1.13. The second kappa shape index (κ2) is 6.89. The minimum Gasteiger partial charge on any atom is -0.311 e. The molecule has 0 aliphatic carbocycles. The third-order valence-electron chi connectivity index (χ3n) is 3.14. The zero-order chi connectivity index (χ0) is 15.4. The van der Waals surface area contributed by atoms with Crippen LogP contribution in [0.2, 0.25) is 0 Å². The van der Waals surface area contributed by atoms with Gasteiger partial charge in [-0.05, 0) is 29.1 Å². The van der Waals surface area contributed by atoms with Crippen molar-refractivity contribution in [2.45, 2.75) is 13.0 Å². The molecule has 1 amide bonds. The number of carbonyl (C=O) groups is 1. The maximum Gasteiger partial charge on any atom is 0.230 e. The molecule has 0 spiro atoms. The van der Waals surface area contributed by atoms with E-state index in [0.717, 1.165) is 14.9 Å². The fourth-order valence-corrected chi connectivity index (χ4v) is 3.05. The number of thiophene rings is 1. The number of rotatable bonds is 5. The molecule has 0 aliphatic heterocycles. The Kier molecular flexibility index (Phi) is 4.70. The molecule has 0 unspecified atom stereocenters. The zero-order valence-corrected chi connectivity index (χ0v) is 14.1. The predicted octanol–water partition coefficient (Wildman–Crippen LogP) is 3.94. The molecule has 0 atom stereocenters. The van der Waals surface area contributed by atoms with Crippen molar-refractivity contribution in [2.75, 3.05) is 5.32 Å². The molecule has 112 valence electrons. The van der Waals surface area contributed by atoms with Crippen LogP contribution in [0.1, 0.15) is 10.4 Å². The summed E-state index contributed by atoms with van der Waals surface area (Å²) < 4.78 is 2.83. The molecule has 1 N–H and O–H groups in total. The monoisotopic (exact) mass is 375 g/mol. The van der Waals surface area contributed by atoms with E-state index in [9.17, 15) is 4.79 Å². The lowest BCUT2D eigenvalue weighted by Gasteiger charge is -2.09. The van der Waals surface area contributed by atoms with Gasteiger partial charge < -0.3 is 5.32 Å². The Labute approximate surface area is 140 Å². The van der Waals surface area contributed by atoms with Gasteiger partial charge in [-0.25, -0.2) is 4.68 Å². The van der Waals surface area contributed by atoms with Crippen LogP contribution in [0.5, 0.6) is 0 Å². The fraction of sp³-hybridized carbons (Fsp3) is 0.125. The standard InChI is InChI=1S/C16H14BrN3OS/c17-13-5-3-12(4-6-13)11-20-15(7-8-18-20)19-16(21)10-14-2-1-9-22-14/h1-9H,10-11H2,(H,19,21). The van der Waals surface area contributed by atoms with Gasteiger partial charge in [-0.2, -0.15) is 5.10 Å². The average molecular weight is 376 g/mol. The summed E-state index contributed by atoms with van der Waals surface area (Å²) in [6, 6.07) is 13.8. The molecule has 2 aromatic heterocycles. The quantitative estimate of drug-likeness (QED) is 0.733. The molecule has 2 heterocycles. The van der Waals surface area contributed by atoms with Crippen molar-refractivity contribution in [2.24, 2.45) is 0 Å². The summed E-state index contributed by atoms with van der Waals surface area (Å²) in [6.45, 7) is 0.620. The van der Waals surface area contributed by atoms with Gasteiger partial charge in [-0.15, -0.1) is 11.3 Å². The lowest BCUT2D eigenvalue weighted by Crippen LogP contribution is -2.17. The van der Waals surface area contributed by atoms with Crippen molar-refractivity contribution in [1.82, 2.24) is 9.78 Å². The minimum atomic E-state index is -0.0278. The molecule has 0 saturated heterocycles. The first-order valence-corrected chi connectivity index (χ1v) is 8.46. The highest BCUT2D eigenvalue weighted by Crippen LogP contribution is 2.15. The highest BCUT2D eigenvalue weighted by Gasteiger charge is 2.09. The number of halogens is 1. The van der Waals surface area contributed by atoms with E-state index in [2.05, 4.69) is 26.3 Å². The minimum absolute atomic E-state index is 0.0278. The number of carbonyl (C=O) groups excluding carboxylic acids is 1. The second-order valence-electron chi connectivity index (χ2n) is 4.80. The summed E-state index contributed by atoms with van der Waals surface area (Å²) in [5.74, 6) is 0.685. The first-order chi connectivity index (χ1) is 10.7. The molecular formula is C16H14BrN3OS. The molecule has 3 rings (SSSR count). The number of amides is 1. The van der Waals surface area contributed by atoms with E-state index in [1.807, 2.05) is 47.8 Å². The Morgan fingerprint density at radius 2 is 2.05 bits per heavy atom. The van der Waals surface area contributed by atoms with Crippen LogP contribution in [0.15, 0.2) is 58.5 Å². The van der Waals surface area contributed by atoms with Gasteiger partial charge in [-0.3, -0.25) is 4.79 Å². The van der Waals surface area contributed by atoms with Crippen molar-refractivity contribution < 1.29 is 4.79 Å². The summed E-state index contributed by atoms with van der Waals surface area (Å²) in [6.07, 6.45) is 2.08. The Morgan fingerprint density at radius 1 is 1.23 bits per heavy atom. The van der Waals surface area contributed by atoms with Crippen LogP contribution in [-0.2, 0) is 17.8 Å². The molecule has 0 bridgehead atoms. The van der Waals surface area contributed by atoms with Crippen LogP contribution < -0.4 is 5.32 Å². The van der Waals surface area contributed by atoms with E-state index in [0.29, 0.717) is 18.8 Å². The Bertz CT molecular complexity index is 750. The number of hydrogen-bond donors (Lipinski definition) is 1. The van der Waals surface area contributed by atoms with Crippen LogP contribution >= 0.6 is 27.3 Å². The van der Waals surface area contributed by atoms with Gasteiger partial charge in [0.1, 0.15) is 5.82 Å². The first kappa shape index (κ1) is 15.0. The van der Waals surface area contributed by atoms with Crippen LogP contribution in [0.25, 0.3) is 0 Å². The van der Waals surface area contributed by atoms with Crippen molar-refractivity contribution in [1.29, 1.82) is 0 Å². The summed E-state index contributed by atoms with van der Waals surface area (Å²) in [5, 5.41) is 9.17. The van der Waals surface area contributed by atoms with E-state index >= 15 is 0 Å². The maximum atomic E-state index is 12.1. The van der Waals surface area contributed by atoms with Crippen LogP contribution in [0.4, 0.5) is 5.82 Å². The van der Waals surface area contributed by atoms with Gasteiger partial charge in [0.25, 0.3) is 0 Å². The first-order valence-electron chi connectivity index (χ1n) is 6.79. The van der Waals surface area contributed by atoms with Crippen molar-refractivity contribution in [3.05, 3.63) is 69.0 Å². The Hall–Kier alpha value is -1.92. The molecule has 0 radical (unpaired) electrons. The van der Waals surface area contributed by atoms with Crippen LogP contribution in [0, 0.1) is 0 Å². The van der Waals surface area contributed by atoms with Crippen molar-refractivity contribution >= 4 is 39.0 Å². The zero-order valence-electron chi connectivity index (χ0n) is 11.7. The lowest BCUT2D eigenvalue weighted by atomic mass is 10.2. The van der Waals surface area contributed by atoms with Gasteiger partial charge in [0.15, 0.2) is 0 Å². The molecule has 0 aliphatic rings. The normalized spacial score (nSPS) is 10.6. The fourth-order valence-electron chi connectivity index (χ4n) is 2.09. The second-order valence-corrected chi connectivity index (χ2v) is 6.75. The number of benzene rings is 1. The molecule has 22 heavy (non-hydrogen) atoms. The molecule has 0 saturated carbocycles. The average Bonchev–Trinajstić information content (AvgIpc) is 3.14. The SMILES string of the molecule is O=C(Cc1cccs1)Nc1ccnn1Cc1ccc(Br)cc1. The van der Waals surface area contributed by atoms with Crippen LogP contribution in [-0.4, -0.2) is 15.7 Å². The third kappa shape index (κ3) is 3.84. The van der Waals surface area contributed by atoms with Gasteiger partial charge in [0.05, 0.1) is 19.2 Å². The molecule has 3 aromatic rings. The molecule has 4 nitrogen and oxygen atoms in total.